The molecule has 2 amide bonds. The van der Waals surface area contributed by atoms with Crippen molar-refractivity contribution in [1.29, 1.82) is 0 Å². The lowest BCUT2D eigenvalue weighted by Gasteiger charge is -2.31. The zero-order chi connectivity index (χ0) is 18.6. The Bertz CT molecular complexity index is 649. The molecule has 6 nitrogen and oxygen atoms in total. The molecule has 1 aliphatic rings. The standard InChI is InChI=1S/C16H19F3N2O4/c1-10-4-5-12(13(7-10)25-9-16(17,18)19)20-15(24)21-6-2-3-11(8-21)14(22)23/h4-5,7,11H,2-3,6,8-9H2,1H3,(H,20,24)(H,22,23). The minimum absolute atomic E-state index is 0.0613. The largest absolute Gasteiger partial charge is 0.482 e. The highest BCUT2D eigenvalue weighted by Gasteiger charge is 2.30. The number of hydrogen-bond acceptors (Lipinski definition) is 3. The van der Waals surface area contributed by atoms with Crippen LogP contribution in [0.2, 0.25) is 0 Å². The number of aryl methyl sites for hydroxylation is 1. The first-order valence-corrected chi connectivity index (χ1v) is 7.74. The number of nitrogens with one attached hydrogen (secondary N) is 1. The number of carboxylic acids is 1. The molecule has 1 fully saturated rings. The molecule has 1 unspecified atom stereocenters. The second kappa shape index (κ2) is 7.62. The molecular formula is C16H19F3N2O4. The lowest BCUT2D eigenvalue weighted by Crippen LogP contribution is -2.44. The number of rotatable bonds is 4. The highest BCUT2D eigenvalue weighted by atomic mass is 19.4. The van der Waals surface area contributed by atoms with Crippen molar-refractivity contribution in [2.45, 2.75) is 25.9 Å². The molecule has 2 rings (SSSR count). The number of urea groups is 1. The van der Waals surface area contributed by atoms with Gasteiger partial charge >= 0.3 is 18.2 Å². The number of alkyl halides is 3. The van der Waals surface area contributed by atoms with Crippen molar-refractivity contribution in [3.8, 4) is 5.75 Å². The molecule has 1 aliphatic heterocycles. The predicted octanol–water partition coefficient (Wildman–Crippen LogP) is 3.26. The molecule has 0 saturated carbocycles. The zero-order valence-corrected chi connectivity index (χ0v) is 13.6. The minimum atomic E-state index is -4.49. The van der Waals surface area contributed by atoms with E-state index in [0.717, 1.165) is 0 Å². The molecular weight excluding hydrogens is 341 g/mol. The molecule has 1 aromatic rings. The number of carbonyl (C=O) groups excluding carboxylic acids is 1. The quantitative estimate of drug-likeness (QED) is 0.864. The molecule has 0 bridgehead atoms. The van der Waals surface area contributed by atoms with Gasteiger partial charge in [0, 0.05) is 13.1 Å². The van der Waals surface area contributed by atoms with Crippen LogP contribution in [0.15, 0.2) is 18.2 Å². The predicted molar refractivity (Wildman–Crippen MR) is 83.7 cm³/mol. The summed E-state index contributed by atoms with van der Waals surface area (Å²) >= 11 is 0. The number of aliphatic carboxylic acids is 1. The summed E-state index contributed by atoms with van der Waals surface area (Å²) in [5.41, 5.74) is 0.788. The van der Waals surface area contributed by atoms with Crippen molar-refractivity contribution in [1.82, 2.24) is 4.90 Å². The summed E-state index contributed by atoms with van der Waals surface area (Å²) in [5, 5.41) is 11.6. The second-order valence-electron chi connectivity index (χ2n) is 5.96. The highest BCUT2D eigenvalue weighted by Crippen LogP contribution is 2.28. The van der Waals surface area contributed by atoms with E-state index in [4.69, 9.17) is 9.84 Å². The van der Waals surface area contributed by atoms with Crippen LogP contribution in [0.1, 0.15) is 18.4 Å². The average Bonchev–Trinajstić information content (AvgIpc) is 2.54. The third kappa shape index (κ3) is 5.54. The molecule has 1 atom stereocenters. The Hall–Kier alpha value is -2.45. The van der Waals surface area contributed by atoms with Gasteiger partial charge in [-0.1, -0.05) is 6.07 Å². The van der Waals surface area contributed by atoms with Crippen molar-refractivity contribution in [3.05, 3.63) is 23.8 Å². The van der Waals surface area contributed by atoms with E-state index in [1.807, 2.05) is 0 Å². The van der Waals surface area contributed by atoms with E-state index in [1.54, 1.807) is 13.0 Å². The number of anilines is 1. The van der Waals surface area contributed by atoms with Crippen LogP contribution in [0.4, 0.5) is 23.7 Å². The zero-order valence-electron chi connectivity index (χ0n) is 13.6. The van der Waals surface area contributed by atoms with Gasteiger partial charge in [-0.3, -0.25) is 4.79 Å². The molecule has 2 N–H and O–H groups in total. The van der Waals surface area contributed by atoms with Gasteiger partial charge in [0.2, 0.25) is 0 Å². The van der Waals surface area contributed by atoms with E-state index in [0.29, 0.717) is 24.9 Å². The van der Waals surface area contributed by atoms with E-state index >= 15 is 0 Å². The fourth-order valence-electron chi connectivity index (χ4n) is 2.57. The molecule has 1 heterocycles. The summed E-state index contributed by atoms with van der Waals surface area (Å²) in [7, 11) is 0. The van der Waals surface area contributed by atoms with Crippen molar-refractivity contribution < 1.29 is 32.6 Å². The fourth-order valence-corrected chi connectivity index (χ4v) is 2.57. The Morgan fingerprint density at radius 3 is 2.76 bits per heavy atom. The number of hydrogen-bond donors (Lipinski definition) is 2. The van der Waals surface area contributed by atoms with Crippen molar-refractivity contribution in [2.24, 2.45) is 5.92 Å². The van der Waals surface area contributed by atoms with Crippen molar-refractivity contribution in [3.63, 3.8) is 0 Å². The highest BCUT2D eigenvalue weighted by molar-refractivity contribution is 5.91. The van der Waals surface area contributed by atoms with Gasteiger partial charge < -0.3 is 20.1 Å². The summed E-state index contributed by atoms with van der Waals surface area (Å²) in [6.07, 6.45) is -3.45. The minimum Gasteiger partial charge on any atom is -0.482 e. The van der Waals surface area contributed by atoms with Crippen LogP contribution in [0.5, 0.6) is 5.75 Å². The van der Waals surface area contributed by atoms with E-state index in [-0.39, 0.29) is 18.0 Å². The van der Waals surface area contributed by atoms with Crippen LogP contribution < -0.4 is 10.1 Å². The first kappa shape index (κ1) is 18.9. The van der Waals surface area contributed by atoms with E-state index < -0.39 is 30.7 Å². The van der Waals surface area contributed by atoms with E-state index in [2.05, 4.69) is 5.32 Å². The topological polar surface area (TPSA) is 78.9 Å². The number of benzene rings is 1. The smallest absolute Gasteiger partial charge is 0.422 e. The van der Waals surface area contributed by atoms with Gasteiger partial charge in [0.15, 0.2) is 6.61 Å². The molecule has 138 valence electrons. The van der Waals surface area contributed by atoms with Crippen LogP contribution in [0.25, 0.3) is 0 Å². The third-order valence-electron chi connectivity index (χ3n) is 3.83. The first-order chi connectivity index (χ1) is 11.7. The summed E-state index contributed by atoms with van der Waals surface area (Å²) in [6.45, 7) is 0.671. The lowest BCUT2D eigenvalue weighted by atomic mass is 9.99. The summed E-state index contributed by atoms with van der Waals surface area (Å²) < 4.78 is 41.9. The van der Waals surface area contributed by atoms with E-state index in [9.17, 15) is 22.8 Å². The molecule has 0 spiro atoms. The van der Waals surface area contributed by atoms with Gasteiger partial charge in [0.1, 0.15) is 5.75 Å². The monoisotopic (exact) mass is 360 g/mol. The number of amides is 2. The average molecular weight is 360 g/mol. The van der Waals surface area contributed by atoms with Gasteiger partial charge in [-0.25, -0.2) is 4.79 Å². The lowest BCUT2D eigenvalue weighted by molar-refractivity contribution is -0.153. The Morgan fingerprint density at radius 1 is 1.40 bits per heavy atom. The van der Waals surface area contributed by atoms with Gasteiger partial charge in [-0.2, -0.15) is 13.2 Å². The Kier molecular flexibility index (Phi) is 5.76. The molecule has 1 aromatic carbocycles. The first-order valence-electron chi connectivity index (χ1n) is 7.74. The number of carboxylic acid groups (broad SMARTS) is 1. The molecule has 0 radical (unpaired) electrons. The number of likely N-dealkylation sites (tertiary alicyclic amines) is 1. The van der Waals surface area contributed by atoms with Crippen molar-refractivity contribution in [2.75, 3.05) is 25.0 Å². The number of carbonyl (C=O) groups is 2. The number of ether oxygens (including phenoxy) is 1. The Balaban J connectivity index is 2.08. The van der Waals surface area contributed by atoms with E-state index in [1.165, 1.54) is 17.0 Å². The van der Waals surface area contributed by atoms with Gasteiger partial charge in [0.25, 0.3) is 0 Å². The van der Waals surface area contributed by atoms with Gasteiger partial charge in [-0.05, 0) is 37.5 Å². The maximum atomic E-state index is 12.4. The van der Waals surface area contributed by atoms with Crippen LogP contribution in [-0.2, 0) is 4.79 Å². The summed E-state index contributed by atoms with van der Waals surface area (Å²) in [4.78, 5) is 24.7. The molecule has 9 heteroatoms. The molecule has 1 saturated heterocycles. The van der Waals surface area contributed by atoms with Crippen LogP contribution in [0, 0.1) is 12.8 Å². The van der Waals surface area contributed by atoms with Crippen LogP contribution in [-0.4, -0.2) is 47.9 Å². The third-order valence-corrected chi connectivity index (χ3v) is 3.83. The fraction of sp³-hybridized carbons (Fsp3) is 0.500. The number of piperidine rings is 1. The number of halogens is 3. The Morgan fingerprint density at radius 2 is 2.12 bits per heavy atom. The van der Waals surface area contributed by atoms with Gasteiger partial charge in [0.05, 0.1) is 11.6 Å². The summed E-state index contributed by atoms with van der Waals surface area (Å²) in [5.74, 6) is -1.70. The van der Waals surface area contributed by atoms with Crippen LogP contribution >= 0.6 is 0 Å². The maximum Gasteiger partial charge on any atom is 0.422 e. The Labute approximate surface area is 142 Å². The maximum absolute atomic E-state index is 12.4. The second-order valence-corrected chi connectivity index (χ2v) is 5.96. The summed E-state index contributed by atoms with van der Waals surface area (Å²) in [6, 6.07) is 3.92. The molecule has 25 heavy (non-hydrogen) atoms. The molecule has 0 aliphatic carbocycles. The van der Waals surface area contributed by atoms with Crippen LogP contribution in [0.3, 0.4) is 0 Å². The SMILES string of the molecule is Cc1ccc(NC(=O)N2CCCC(C(=O)O)C2)c(OCC(F)(F)F)c1. The van der Waals surface area contributed by atoms with Gasteiger partial charge in [-0.15, -0.1) is 0 Å². The number of nitrogens with zero attached hydrogens (tertiary/aromatic N) is 1. The molecule has 0 aromatic heterocycles. The van der Waals surface area contributed by atoms with Crippen molar-refractivity contribution >= 4 is 17.7 Å². The normalized spacial score (nSPS) is 17.9.